The van der Waals surface area contributed by atoms with Crippen molar-refractivity contribution in [3.05, 3.63) is 24.3 Å². The van der Waals surface area contributed by atoms with Gasteiger partial charge in [-0.25, -0.2) is 13.2 Å². The van der Waals surface area contributed by atoms with Crippen LogP contribution in [0.3, 0.4) is 0 Å². The summed E-state index contributed by atoms with van der Waals surface area (Å²) in [6.07, 6.45) is 0.767. The molecule has 0 aliphatic carbocycles. The van der Waals surface area contributed by atoms with Gasteiger partial charge in [-0.2, -0.15) is 4.72 Å². The first-order valence-electron chi connectivity index (χ1n) is 8.65. The van der Waals surface area contributed by atoms with Crippen molar-refractivity contribution in [1.29, 1.82) is 0 Å². The quantitative estimate of drug-likeness (QED) is 0.759. The van der Waals surface area contributed by atoms with E-state index in [-0.39, 0.29) is 30.4 Å². The van der Waals surface area contributed by atoms with E-state index >= 15 is 0 Å². The molecule has 142 valence electrons. The van der Waals surface area contributed by atoms with Crippen molar-refractivity contribution in [2.45, 2.75) is 49.7 Å². The summed E-state index contributed by atoms with van der Waals surface area (Å²) in [4.78, 5) is 26.2. The Morgan fingerprint density at radius 3 is 2.81 bits per heavy atom. The van der Waals surface area contributed by atoms with Crippen molar-refractivity contribution in [3.63, 3.8) is 0 Å². The number of rotatable bonds is 3. The molecular weight excluding hydrogens is 358 g/mol. The number of benzene rings is 1. The van der Waals surface area contributed by atoms with E-state index in [0.29, 0.717) is 18.5 Å². The highest BCUT2D eigenvalue weighted by atomic mass is 32.2. The van der Waals surface area contributed by atoms with E-state index in [1.807, 2.05) is 0 Å². The summed E-state index contributed by atoms with van der Waals surface area (Å²) in [5, 5.41) is 3.26. The molecule has 2 heterocycles. The predicted molar refractivity (Wildman–Crippen MR) is 94.8 cm³/mol. The third-order valence-corrected chi connectivity index (χ3v) is 6.44. The first kappa shape index (κ1) is 18.7. The summed E-state index contributed by atoms with van der Waals surface area (Å²) in [5.74, 6) is -0.651. The second-order valence-corrected chi connectivity index (χ2v) is 8.22. The SMILES string of the molecule is CCOC(=O)C(C)N1CCC2(CCC1=O)Nc1ccccc1S(=O)(=O)N2. The van der Waals surface area contributed by atoms with Gasteiger partial charge in [0.15, 0.2) is 0 Å². The summed E-state index contributed by atoms with van der Waals surface area (Å²) in [6.45, 7) is 3.83. The molecule has 1 aromatic carbocycles. The Bertz CT molecular complexity index is 825. The van der Waals surface area contributed by atoms with Gasteiger partial charge in [0.05, 0.1) is 12.3 Å². The van der Waals surface area contributed by atoms with Gasteiger partial charge in [0.25, 0.3) is 0 Å². The highest BCUT2D eigenvalue weighted by molar-refractivity contribution is 7.89. The normalized spacial score (nSPS) is 25.8. The highest BCUT2D eigenvalue weighted by Gasteiger charge is 2.44. The Labute approximate surface area is 152 Å². The van der Waals surface area contributed by atoms with E-state index in [1.54, 1.807) is 32.0 Å². The van der Waals surface area contributed by atoms with Crippen molar-refractivity contribution in [1.82, 2.24) is 9.62 Å². The number of para-hydroxylation sites is 1. The van der Waals surface area contributed by atoms with Gasteiger partial charge in [0, 0.05) is 19.4 Å². The molecule has 2 atom stereocenters. The summed E-state index contributed by atoms with van der Waals surface area (Å²) in [6, 6.07) is 5.97. The van der Waals surface area contributed by atoms with Gasteiger partial charge in [-0.3, -0.25) is 4.79 Å². The minimum Gasteiger partial charge on any atom is -0.464 e. The lowest BCUT2D eigenvalue weighted by molar-refractivity contribution is -0.153. The van der Waals surface area contributed by atoms with E-state index < -0.39 is 27.7 Å². The Balaban J connectivity index is 1.84. The van der Waals surface area contributed by atoms with Crippen LogP contribution in [0.5, 0.6) is 0 Å². The number of carbonyl (C=O) groups excluding carboxylic acids is 2. The van der Waals surface area contributed by atoms with E-state index in [0.717, 1.165) is 0 Å². The Morgan fingerprint density at radius 1 is 1.35 bits per heavy atom. The Kier molecular flexibility index (Phi) is 4.94. The average Bonchev–Trinajstić information content (AvgIpc) is 2.74. The van der Waals surface area contributed by atoms with Crippen LogP contribution in [0.25, 0.3) is 0 Å². The number of hydrogen-bond acceptors (Lipinski definition) is 6. The minimum absolute atomic E-state index is 0.126. The zero-order chi connectivity index (χ0) is 18.9. The number of carbonyl (C=O) groups is 2. The van der Waals surface area contributed by atoms with Crippen LogP contribution in [0, 0.1) is 0 Å². The molecule has 1 amide bonds. The molecule has 9 heteroatoms. The van der Waals surface area contributed by atoms with Crippen LogP contribution in [0.1, 0.15) is 33.1 Å². The molecule has 1 saturated heterocycles. The number of ether oxygens (including phenoxy) is 1. The number of fused-ring (bicyclic) bond motifs is 1. The third kappa shape index (κ3) is 3.41. The topological polar surface area (TPSA) is 105 Å². The van der Waals surface area contributed by atoms with Crippen molar-refractivity contribution in [2.24, 2.45) is 0 Å². The standard InChI is InChI=1S/C17H23N3O5S/c1-3-25-16(22)12(2)20-11-10-17(9-8-15(20)21)18-13-6-4-5-7-14(13)26(23,24)19-17/h4-7,12,18-19H,3,8-11H2,1-2H3. The van der Waals surface area contributed by atoms with Crippen LogP contribution < -0.4 is 10.0 Å². The molecule has 0 bridgehead atoms. The van der Waals surface area contributed by atoms with Crippen LogP contribution in [0.15, 0.2) is 29.2 Å². The van der Waals surface area contributed by atoms with E-state index in [1.165, 1.54) is 11.0 Å². The van der Waals surface area contributed by atoms with E-state index in [9.17, 15) is 18.0 Å². The average molecular weight is 381 g/mol. The monoisotopic (exact) mass is 381 g/mol. The Hall–Kier alpha value is -2.13. The molecule has 26 heavy (non-hydrogen) atoms. The fourth-order valence-electron chi connectivity index (χ4n) is 3.45. The fourth-order valence-corrected chi connectivity index (χ4v) is 5.00. The third-order valence-electron chi connectivity index (χ3n) is 4.84. The fraction of sp³-hybridized carbons (Fsp3) is 0.529. The maximum Gasteiger partial charge on any atom is 0.328 e. The molecule has 2 unspecified atom stereocenters. The van der Waals surface area contributed by atoms with Crippen LogP contribution in [0.4, 0.5) is 5.69 Å². The number of sulfonamides is 1. The summed E-state index contributed by atoms with van der Waals surface area (Å²) >= 11 is 0. The molecule has 1 fully saturated rings. The van der Waals surface area contributed by atoms with Gasteiger partial charge in [-0.05, 0) is 32.4 Å². The second-order valence-electron chi connectivity index (χ2n) is 6.57. The number of amides is 1. The van der Waals surface area contributed by atoms with Gasteiger partial charge in [-0.1, -0.05) is 12.1 Å². The van der Waals surface area contributed by atoms with Gasteiger partial charge in [0.1, 0.15) is 16.6 Å². The first-order chi connectivity index (χ1) is 12.3. The first-order valence-corrected chi connectivity index (χ1v) is 10.1. The molecule has 0 radical (unpaired) electrons. The van der Waals surface area contributed by atoms with Crippen LogP contribution in [-0.4, -0.2) is 50.1 Å². The van der Waals surface area contributed by atoms with Gasteiger partial charge in [0.2, 0.25) is 15.9 Å². The van der Waals surface area contributed by atoms with E-state index in [4.69, 9.17) is 4.74 Å². The number of hydrogen-bond donors (Lipinski definition) is 2. The molecule has 3 rings (SSSR count). The lowest BCUT2D eigenvalue weighted by Crippen LogP contribution is -2.57. The number of likely N-dealkylation sites (tertiary alicyclic amines) is 1. The van der Waals surface area contributed by atoms with E-state index in [2.05, 4.69) is 10.0 Å². The number of esters is 1. The van der Waals surface area contributed by atoms with Gasteiger partial charge >= 0.3 is 5.97 Å². The number of nitrogens with zero attached hydrogens (tertiary/aromatic N) is 1. The smallest absolute Gasteiger partial charge is 0.328 e. The van der Waals surface area contributed by atoms with Crippen molar-refractivity contribution in [3.8, 4) is 0 Å². The van der Waals surface area contributed by atoms with Gasteiger partial charge < -0.3 is 15.0 Å². The second kappa shape index (κ2) is 6.88. The zero-order valence-corrected chi connectivity index (χ0v) is 15.6. The predicted octanol–water partition coefficient (Wildman–Crippen LogP) is 1.05. The molecule has 8 nitrogen and oxygen atoms in total. The molecule has 1 spiro atoms. The summed E-state index contributed by atoms with van der Waals surface area (Å²) < 4.78 is 33.0. The highest BCUT2D eigenvalue weighted by Crippen LogP contribution is 2.35. The van der Waals surface area contributed by atoms with Crippen LogP contribution in [-0.2, 0) is 24.3 Å². The number of anilines is 1. The summed E-state index contributed by atoms with van der Waals surface area (Å²) in [7, 11) is -3.68. The molecule has 0 saturated carbocycles. The van der Waals surface area contributed by atoms with Crippen molar-refractivity contribution in [2.75, 3.05) is 18.5 Å². The lowest BCUT2D eigenvalue weighted by Gasteiger charge is -2.39. The zero-order valence-electron chi connectivity index (χ0n) is 14.8. The molecule has 1 aromatic rings. The van der Waals surface area contributed by atoms with Gasteiger partial charge in [-0.15, -0.1) is 0 Å². The van der Waals surface area contributed by atoms with Crippen LogP contribution >= 0.6 is 0 Å². The maximum absolute atomic E-state index is 12.6. The largest absolute Gasteiger partial charge is 0.464 e. The molecule has 0 aromatic heterocycles. The van der Waals surface area contributed by atoms with Crippen molar-refractivity contribution < 1.29 is 22.7 Å². The molecule has 2 N–H and O–H groups in total. The maximum atomic E-state index is 12.6. The molecule has 2 aliphatic rings. The molecule has 2 aliphatic heterocycles. The van der Waals surface area contributed by atoms with Crippen molar-refractivity contribution >= 4 is 27.6 Å². The Morgan fingerprint density at radius 2 is 2.08 bits per heavy atom. The lowest BCUT2D eigenvalue weighted by atomic mass is 10.0. The number of nitrogens with one attached hydrogen (secondary N) is 2. The summed E-state index contributed by atoms with van der Waals surface area (Å²) in [5.41, 5.74) is -0.433. The van der Waals surface area contributed by atoms with Crippen LogP contribution in [0.2, 0.25) is 0 Å². The minimum atomic E-state index is -3.68. The molecular formula is C17H23N3O5S.